The summed E-state index contributed by atoms with van der Waals surface area (Å²) in [4.78, 5) is 0. The molecule has 0 fully saturated rings. The molecule has 0 amide bonds. The zero-order valence-electron chi connectivity index (χ0n) is 15.5. The molecule has 144 valence electrons. The van der Waals surface area contributed by atoms with Crippen LogP contribution in [0.4, 0.5) is 4.39 Å². The van der Waals surface area contributed by atoms with Gasteiger partial charge in [0, 0.05) is 6.61 Å². The van der Waals surface area contributed by atoms with Gasteiger partial charge >= 0.3 is 0 Å². The van der Waals surface area contributed by atoms with E-state index in [1.807, 2.05) is 35.1 Å². The van der Waals surface area contributed by atoms with Gasteiger partial charge < -0.3 is 7.80 Å². The summed E-state index contributed by atoms with van der Waals surface area (Å²) in [5.74, 6) is -0.0521. The number of halogens is 2. The number of hydrogen-bond acceptors (Lipinski definition) is 2. The van der Waals surface area contributed by atoms with Crippen LogP contribution in [0.5, 0.6) is 0 Å². The van der Waals surface area contributed by atoms with Crippen LogP contribution in [-0.4, -0.2) is 19.8 Å². The highest BCUT2D eigenvalue weighted by Gasteiger charge is 2.00. The van der Waals surface area contributed by atoms with Crippen molar-refractivity contribution < 1.29 is 12.2 Å². The molecule has 0 unspecified atom stereocenters. The van der Waals surface area contributed by atoms with Gasteiger partial charge in [-0.3, -0.25) is 0 Å². The predicted octanol–water partition coefficient (Wildman–Crippen LogP) is 7.04. The van der Waals surface area contributed by atoms with Crippen LogP contribution in [0.2, 0.25) is 0 Å². The molecule has 1 rings (SSSR count). The van der Waals surface area contributed by atoms with Gasteiger partial charge in [0.1, 0.15) is 28.8 Å². The van der Waals surface area contributed by atoms with Crippen molar-refractivity contribution in [1.29, 1.82) is 0 Å². The molecule has 1 aromatic rings. The fourth-order valence-corrected chi connectivity index (χ4v) is 3.18. The summed E-state index contributed by atoms with van der Waals surface area (Å²) in [6.45, 7) is 2.26. The van der Waals surface area contributed by atoms with Crippen LogP contribution in [-0.2, 0) is 14.2 Å². The first-order valence-electron chi connectivity index (χ1n) is 9.89. The number of unbranched alkanes of at least 4 members (excludes halogenated alkanes) is 10. The second-order valence-corrected chi connectivity index (χ2v) is 7.28. The van der Waals surface area contributed by atoms with E-state index in [9.17, 15) is 4.39 Å². The zero-order chi connectivity index (χ0) is 18.0. The van der Waals surface area contributed by atoms with E-state index < -0.39 is 0 Å². The topological polar surface area (TPSA) is 18.5 Å². The molecule has 0 bridgehead atoms. The smallest absolute Gasteiger partial charge is 0.126 e. The Morgan fingerprint density at radius 2 is 1.24 bits per heavy atom. The van der Waals surface area contributed by atoms with Crippen molar-refractivity contribution in [2.24, 2.45) is 0 Å². The van der Waals surface area contributed by atoms with E-state index in [1.54, 1.807) is 12.1 Å². The molecule has 0 atom stereocenters. The summed E-state index contributed by atoms with van der Waals surface area (Å²) in [6, 6.07) is 7.15. The Morgan fingerprint density at radius 1 is 0.680 bits per heavy atom. The van der Waals surface area contributed by atoms with Crippen LogP contribution in [0, 0.1) is 5.82 Å². The number of hydrogen-bond donors (Lipinski definition) is 0. The fraction of sp³-hybridized carbons (Fsp3) is 0.714. The van der Waals surface area contributed by atoms with Crippen molar-refractivity contribution in [2.45, 2.75) is 77.0 Å². The van der Waals surface area contributed by atoms with Crippen molar-refractivity contribution in [2.75, 3.05) is 19.8 Å². The van der Waals surface area contributed by atoms with Crippen molar-refractivity contribution in [1.82, 2.24) is 0 Å². The molecule has 0 aliphatic carbocycles. The second kappa shape index (κ2) is 17.2. The van der Waals surface area contributed by atoms with Gasteiger partial charge in [-0.25, -0.2) is 4.39 Å². The first-order chi connectivity index (χ1) is 12.3. The highest BCUT2D eigenvalue weighted by molar-refractivity contribution is 14.1. The lowest BCUT2D eigenvalue weighted by atomic mass is 10.0. The van der Waals surface area contributed by atoms with Gasteiger partial charge in [-0.2, -0.15) is 0 Å². The summed E-state index contributed by atoms with van der Waals surface area (Å²) in [5.41, 5.74) is 0.867. The molecule has 0 spiro atoms. The van der Waals surface area contributed by atoms with Gasteiger partial charge in [-0.05, 0) is 30.9 Å². The van der Waals surface area contributed by atoms with Crippen LogP contribution in [0.3, 0.4) is 0 Å². The van der Waals surface area contributed by atoms with Gasteiger partial charge in [0.05, 0.1) is 13.2 Å². The van der Waals surface area contributed by atoms with Gasteiger partial charge in [-0.15, -0.1) is 0 Å². The summed E-state index contributed by atoms with van der Waals surface area (Å²) >= 11 is 1.90. The third kappa shape index (κ3) is 13.6. The molecular formula is C21H34FIO2. The quantitative estimate of drug-likeness (QED) is 0.182. The molecule has 0 aliphatic heterocycles. The highest BCUT2D eigenvalue weighted by atomic mass is 127. The Bertz CT molecular complexity index is 415. The molecule has 0 radical (unpaired) electrons. The zero-order valence-corrected chi connectivity index (χ0v) is 17.6. The number of benzene rings is 1. The number of aryl methyl sites for hydroxylation is 1. The Morgan fingerprint density at radius 3 is 1.84 bits per heavy atom. The van der Waals surface area contributed by atoms with Crippen LogP contribution in [0.1, 0.15) is 76.2 Å². The van der Waals surface area contributed by atoms with Crippen molar-refractivity contribution in [3.05, 3.63) is 35.6 Å². The lowest BCUT2D eigenvalue weighted by Gasteiger charge is -2.05. The normalized spacial score (nSPS) is 11.1. The molecule has 4 heteroatoms. The Kier molecular flexibility index (Phi) is 15.7. The molecule has 25 heavy (non-hydrogen) atoms. The number of rotatable bonds is 17. The Balaban J connectivity index is 1.75. The largest absolute Gasteiger partial charge is 0.379 e. The molecule has 0 aliphatic rings. The van der Waals surface area contributed by atoms with E-state index in [0.29, 0.717) is 13.2 Å². The van der Waals surface area contributed by atoms with E-state index in [0.717, 1.165) is 25.0 Å². The van der Waals surface area contributed by atoms with Gasteiger partial charge in [0.2, 0.25) is 0 Å². The van der Waals surface area contributed by atoms with E-state index in [2.05, 4.69) is 0 Å². The van der Waals surface area contributed by atoms with E-state index in [-0.39, 0.29) is 5.82 Å². The Labute approximate surface area is 167 Å². The maximum atomic E-state index is 13.5. The van der Waals surface area contributed by atoms with Crippen LogP contribution in [0.15, 0.2) is 24.3 Å². The van der Waals surface area contributed by atoms with Crippen LogP contribution >= 0.6 is 23.0 Å². The maximum absolute atomic E-state index is 13.5. The second-order valence-electron chi connectivity index (χ2n) is 6.66. The lowest BCUT2D eigenvalue weighted by Crippen LogP contribution is -2.01. The molecule has 0 heterocycles. The third-order valence-corrected chi connectivity index (χ3v) is 4.94. The van der Waals surface area contributed by atoms with E-state index in [4.69, 9.17) is 7.80 Å². The van der Waals surface area contributed by atoms with E-state index >= 15 is 0 Å². The minimum absolute atomic E-state index is 0.0521. The SMILES string of the molecule is Fc1ccccc1CCCCCCCCCCCCCOCCOI. The van der Waals surface area contributed by atoms with Gasteiger partial charge in [-0.1, -0.05) is 76.0 Å². The number of ether oxygens (including phenoxy) is 1. The molecule has 0 saturated heterocycles. The summed E-state index contributed by atoms with van der Waals surface area (Å²) in [7, 11) is 0. The van der Waals surface area contributed by atoms with Gasteiger partial charge in [0.15, 0.2) is 0 Å². The fourth-order valence-electron chi connectivity index (χ4n) is 3.00. The predicted molar refractivity (Wildman–Crippen MR) is 112 cm³/mol. The average molecular weight is 464 g/mol. The lowest BCUT2D eigenvalue weighted by molar-refractivity contribution is 0.109. The summed E-state index contributed by atoms with van der Waals surface area (Å²) < 4.78 is 23.8. The first-order valence-corrected chi connectivity index (χ1v) is 10.8. The third-order valence-electron chi connectivity index (χ3n) is 4.50. The average Bonchev–Trinajstić information content (AvgIpc) is 2.63. The molecule has 2 nitrogen and oxygen atoms in total. The minimum Gasteiger partial charge on any atom is -0.379 e. The van der Waals surface area contributed by atoms with Crippen molar-refractivity contribution >= 4 is 23.0 Å². The highest BCUT2D eigenvalue weighted by Crippen LogP contribution is 2.14. The summed E-state index contributed by atoms with van der Waals surface area (Å²) in [5, 5.41) is 0. The summed E-state index contributed by atoms with van der Waals surface area (Å²) in [6.07, 6.45) is 15.0. The monoisotopic (exact) mass is 464 g/mol. The van der Waals surface area contributed by atoms with Crippen molar-refractivity contribution in [3.8, 4) is 0 Å². The molecule has 1 aromatic carbocycles. The van der Waals surface area contributed by atoms with Crippen LogP contribution < -0.4 is 0 Å². The van der Waals surface area contributed by atoms with E-state index in [1.165, 1.54) is 64.2 Å². The first kappa shape index (κ1) is 22.8. The minimum atomic E-state index is -0.0521. The van der Waals surface area contributed by atoms with Crippen LogP contribution in [0.25, 0.3) is 0 Å². The molecule has 0 aromatic heterocycles. The van der Waals surface area contributed by atoms with Crippen molar-refractivity contribution in [3.63, 3.8) is 0 Å². The van der Waals surface area contributed by atoms with Gasteiger partial charge in [0.25, 0.3) is 0 Å². The molecule has 0 N–H and O–H groups in total. The Hall–Kier alpha value is -0.200. The molecule has 0 saturated carbocycles. The molecular weight excluding hydrogens is 430 g/mol. The maximum Gasteiger partial charge on any atom is 0.126 e. The standard InChI is InChI=1S/C21H34FIO2/c22-21-16-12-11-15-20(21)14-10-8-6-4-2-1-3-5-7-9-13-17-24-18-19-25-23/h11-12,15-16H,1-10,13-14,17-19H2.